The van der Waals surface area contributed by atoms with Crippen molar-refractivity contribution in [3.63, 3.8) is 0 Å². The zero-order valence-corrected chi connectivity index (χ0v) is 14.6. The summed E-state index contributed by atoms with van der Waals surface area (Å²) in [4.78, 5) is 14.5. The zero-order chi connectivity index (χ0) is 17.1. The van der Waals surface area contributed by atoms with Gasteiger partial charge in [-0.2, -0.15) is 8.42 Å². The summed E-state index contributed by atoms with van der Waals surface area (Å²) in [5.41, 5.74) is 0.456. The van der Waals surface area contributed by atoms with E-state index in [1.807, 2.05) is 0 Å². The van der Waals surface area contributed by atoms with Gasteiger partial charge in [-0.1, -0.05) is 11.6 Å². The number of hydrogen-bond acceptors (Lipinski definition) is 5. The molecular weight excluding hydrogens is 330 g/mol. The fourth-order valence-corrected chi connectivity index (χ4v) is 3.15. The third kappa shape index (κ3) is 4.11. The van der Waals surface area contributed by atoms with Crippen LogP contribution in [0.4, 0.5) is 5.69 Å². The molecule has 0 spiro atoms. The predicted molar refractivity (Wildman–Crippen MR) is 86.5 cm³/mol. The second-order valence-corrected chi connectivity index (χ2v) is 6.83. The Kier molecular flexibility index (Phi) is 5.78. The Labute approximate surface area is 135 Å². The lowest BCUT2D eigenvalue weighted by Crippen LogP contribution is -2.14. The number of sulfonamides is 1. The molecule has 0 heterocycles. The van der Waals surface area contributed by atoms with Crippen molar-refractivity contribution in [2.45, 2.75) is 4.90 Å². The van der Waals surface area contributed by atoms with E-state index in [9.17, 15) is 13.2 Å². The Morgan fingerprint density at radius 1 is 1.27 bits per heavy atom. The van der Waals surface area contributed by atoms with Gasteiger partial charge in [-0.15, -0.1) is 4.40 Å². The molecule has 0 fully saturated rings. The molecule has 0 aliphatic heterocycles. The third-order valence-corrected chi connectivity index (χ3v) is 4.38. The molecule has 122 valence electrons. The first-order chi connectivity index (χ1) is 10.1. The number of methoxy groups -OCH3 is 1. The highest BCUT2D eigenvalue weighted by molar-refractivity contribution is 7.90. The number of carbonyl (C=O) groups excluding carboxylic acids is 1. The fourth-order valence-electron chi connectivity index (χ4n) is 1.55. The molecule has 0 aliphatic rings. The van der Waals surface area contributed by atoms with Crippen LogP contribution in [0, 0.1) is 0 Å². The van der Waals surface area contributed by atoms with Crippen molar-refractivity contribution in [3.05, 3.63) is 22.7 Å². The highest BCUT2D eigenvalue weighted by Crippen LogP contribution is 2.34. The molecule has 0 amide bonds. The summed E-state index contributed by atoms with van der Waals surface area (Å²) in [6.07, 6.45) is 1.14. The van der Waals surface area contributed by atoms with Gasteiger partial charge in [-0.3, -0.25) is 0 Å². The maximum absolute atomic E-state index is 12.3. The number of anilines is 1. The zero-order valence-electron chi connectivity index (χ0n) is 13.0. The number of halogens is 1. The van der Waals surface area contributed by atoms with E-state index < -0.39 is 16.0 Å². The topological polar surface area (TPSA) is 79.3 Å². The Morgan fingerprint density at radius 3 is 2.32 bits per heavy atom. The highest BCUT2D eigenvalue weighted by atomic mass is 35.5. The molecule has 0 bridgehead atoms. The van der Waals surface area contributed by atoms with Gasteiger partial charge in [0.1, 0.15) is 11.2 Å². The quantitative estimate of drug-likeness (QED) is 0.456. The summed E-state index contributed by atoms with van der Waals surface area (Å²) < 4.78 is 32.8. The van der Waals surface area contributed by atoms with Crippen LogP contribution >= 0.6 is 11.6 Å². The maximum Gasteiger partial charge on any atom is 0.337 e. The molecule has 1 rings (SSSR count). The molecule has 0 aromatic heterocycles. The number of ether oxygens (including phenoxy) is 1. The lowest BCUT2D eigenvalue weighted by molar-refractivity contribution is 0.0600. The van der Waals surface area contributed by atoms with E-state index in [-0.39, 0.29) is 15.5 Å². The van der Waals surface area contributed by atoms with Crippen molar-refractivity contribution in [3.8, 4) is 0 Å². The second kappa shape index (κ2) is 6.97. The average Bonchev–Trinajstić information content (AvgIpc) is 2.44. The van der Waals surface area contributed by atoms with E-state index in [1.165, 1.54) is 18.1 Å². The molecule has 0 saturated heterocycles. The van der Waals surface area contributed by atoms with Gasteiger partial charge < -0.3 is 14.5 Å². The summed E-state index contributed by atoms with van der Waals surface area (Å²) in [6, 6.07) is 2.62. The summed E-state index contributed by atoms with van der Waals surface area (Å²) in [7, 11) is 3.80. The fraction of sp³-hybridized carbons (Fsp3) is 0.385. The molecule has 0 saturated carbocycles. The van der Waals surface area contributed by atoms with Gasteiger partial charge in [0.2, 0.25) is 0 Å². The van der Waals surface area contributed by atoms with E-state index in [0.29, 0.717) is 5.69 Å². The number of esters is 1. The number of rotatable bonds is 5. The summed E-state index contributed by atoms with van der Waals surface area (Å²) in [5, 5.41) is -0.00596. The summed E-state index contributed by atoms with van der Waals surface area (Å²) in [6.45, 7) is 0. The molecule has 0 aliphatic carbocycles. The van der Waals surface area contributed by atoms with Crippen LogP contribution in [0.2, 0.25) is 5.02 Å². The second-order valence-electron chi connectivity index (χ2n) is 4.85. The Morgan fingerprint density at radius 2 is 1.86 bits per heavy atom. The van der Waals surface area contributed by atoms with E-state index in [4.69, 9.17) is 11.6 Å². The van der Waals surface area contributed by atoms with Gasteiger partial charge in [0.05, 0.1) is 23.4 Å². The van der Waals surface area contributed by atoms with E-state index in [2.05, 4.69) is 9.13 Å². The number of nitrogens with zero attached hydrogens (tertiary/aromatic N) is 3. The van der Waals surface area contributed by atoms with Crippen LogP contribution in [0.5, 0.6) is 0 Å². The van der Waals surface area contributed by atoms with Gasteiger partial charge in [0.25, 0.3) is 10.0 Å². The molecule has 0 unspecified atom stereocenters. The van der Waals surface area contributed by atoms with Gasteiger partial charge in [-0.25, -0.2) is 4.79 Å². The van der Waals surface area contributed by atoms with Crippen molar-refractivity contribution in [2.24, 2.45) is 4.40 Å². The highest BCUT2D eigenvalue weighted by Gasteiger charge is 2.23. The van der Waals surface area contributed by atoms with Crippen LogP contribution < -0.4 is 4.90 Å². The van der Waals surface area contributed by atoms with Crippen LogP contribution in [0.15, 0.2) is 21.4 Å². The molecule has 0 atom stereocenters. The number of benzene rings is 1. The lowest BCUT2D eigenvalue weighted by atomic mass is 10.2. The minimum Gasteiger partial charge on any atom is -0.465 e. The van der Waals surface area contributed by atoms with Crippen molar-refractivity contribution < 1.29 is 17.9 Å². The largest absolute Gasteiger partial charge is 0.465 e. The lowest BCUT2D eigenvalue weighted by Gasteiger charge is -2.17. The first-order valence-electron chi connectivity index (χ1n) is 6.16. The molecule has 1 aromatic rings. The predicted octanol–water partition coefficient (Wildman–Crippen LogP) is 1.47. The molecular formula is C13H18ClN3O4S. The Bertz CT molecular complexity index is 699. The molecule has 0 radical (unpaired) electrons. The molecule has 7 nitrogen and oxygen atoms in total. The summed E-state index contributed by atoms with van der Waals surface area (Å²) in [5.74, 6) is -0.659. The minimum atomic E-state index is -4.04. The number of carbonyl (C=O) groups is 1. The molecule has 1 aromatic carbocycles. The van der Waals surface area contributed by atoms with Crippen LogP contribution in [0.25, 0.3) is 0 Å². The van der Waals surface area contributed by atoms with Gasteiger partial charge >= 0.3 is 5.97 Å². The minimum absolute atomic E-state index is 0.00596. The van der Waals surface area contributed by atoms with E-state index in [0.717, 1.165) is 12.4 Å². The molecule has 0 N–H and O–H groups in total. The van der Waals surface area contributed by atoms with Gasteiger partial charge in [-0.05, 0) is 12.1 Å². The summed E-state index contributed by atoms with van der Waals surface area (Å²) >= 11 is 6.16. The van der Waals surface area contributed by atoms with Crippen LogP contribution in [-0.4, -0.2) is 60.9 Å². The molecule has 9 heteroatoms. The van der Waals surface area contributed by atoms with Gasteiger partial charge in [0, 0.05) is 28.2 Å². The third-order valence-electron chi connectivity index (χ3n) is 2.62. The average molecular weight is 348 g/mol. The van der Waals surface area contributed by atoms with E-state index in [1.54, 1.807) is 33.1 Å². The van der Waals surface area contributed by atoms with Gasteiger partial charge in [0.15, 0.2) is 0 Å². The molecule has 22 heavy (non-hydrogen) atoms. The first kappa shape index (κ1) is 18.2. The van der Waals surface area contributed by atoms with Crippen LogP contribution in [0.1, 0.15) is 10.4 Å². The van der Waals surface area contributed by atoms with Crippen LogP contribution in [0.3, 0.4) is 0 Å². The monoisotopic (exact) mass is 347 g/mol. The van der Waals surface area contributed by atoms with E-state index >= 15 is 0 Å². The number of hydrogen-bond donors (Lipinski definition) is 0. The van der Waals surface area contributed by atoms with Crippen molar-refractivity contribution in [1.29, 1.82) is 0 Å². The van der Waals surface area contributed by atoms with Crippen molar-refractivity contribution >= 4 is 39.6 Å². The maximum atomic E-state index is 12.3. The Hall–Kier alpha value is -1.80. The first-order valence-corrected chi connectivity index (χ1v) is 7.98. The SMILES string of the molecule is COC(=O)c1cc(N(C)C)c(Cl)c(S(=O)(=O)N=CN(C)C)c1. The smallest absolute Gasteiger partial charge is 0.337 e. The van der Waals surface area contributed by atoms with Crippen molar-refractivity contribution in [1.82, 2.24) is 4.90 Å². The Balaban J connectivity index is 3.59. The van der Waals surface area contributed by atoms with Crippen molar-refractivity contribution in [2.75, 3.05) is 40.2 Å². The van der Waals surface area contributed by atoms with Crippen LogP contribution in [-0.2, 0) is 14.8 Å². The standard InChI is InChI=1S/C13H18ClN3O4S/c1-16(2)8-15-22(19,20)11-7-9(13(18)21-5)6-10(12(11)14)17(3)4/h6-8H,1-5H3. The normalized spacial score (nSPS) is 11.5.